The summed E-state index contributed by atoms with van der Waals surface area (Å²) in [5.41, 5.74) is 2.58. The molecule has 3 aromatic heterocycles. The number of pyridine rings is 1. The summed E-state index contributed by atoms with van der Waals surface area (Å²) in [6.45, 7) is 0.866. The maximum atomic E-state index is 12.5. The number of ether oxygens (including phenoxy) is 1. The van der Waals surface area contributed by atoms with Crippen LogP contribution in [0.3, 0.4) is 0 Å². The van der Waals surface area contributed by atoms with E-state index < -0.39 is 0 Å². The van der Waals surface area contributed by atoms with E-state index in [0.29, 0.717) is 30.8 Å². The van der Waals surface area contributed by atoms with Gasteiger partial charge in [-0.1, -0.05) is 0 Å². The van der Waals surface area contributed by atoms with Crippen molar-refractivity contribution in [1.82, 2.24) is 24.7 Å². The maximum Gasteiger partial charge on any atom is 0.267 e. The molecule has 142 valence electrons. The Kier molecular flexibility index (Phi) is 4.32. The lowest BCUT2D eigenvalue weighted by Crippen LogP contribution is -2.37. The van der Waals surface area contributed by atoms with Crippen LogP contribution in [0.2, 0.25) is 0 Å². The summed E-state index contributed by atoms with van der Waals surface area (Å²) in [4.78, 5) is 25.5. The van der Waals surface area contributed by atoms with Gasteiger partial charge < -0.3 is 10.1 Å². The van der Waals surface area contributed by atoms with Crippen molar-refractivity contribution in [2.45, 2.75) is 30.8 Å². The minimum Gasteiger partial charge on any atom is -0.377 e. The molecule has 1 aliphatic carbocycles. The molecule has 0 amide bonds. The third kappa shape index (κ3) is 3.38. The monoisotopic (exact) mass is 376 g/mol. The van der Waals surface area contributed by atoms with E-state index in [0.717, 1.165) is 5.56 Å². The largest absolute Gasteiger partial charge is 0.377 e. The van der Waals surface area contributed by atoms with Gasteiger partial charge in [0.15, 0.2) is 0 Å². The fourth-order valence-corrected chi connectivity index (χ4v) is 3.46. The van der Waals surface area contributed by atoms with Crippen LogP contribution in [0.25, 0.3) is 11.3 Å². The first-order chi connectivity index (χ1) is 13.8. The molecule has 0 aromatic carbocycles. The molecule has 1 N–H and O–H groups in total. The van der Waals surface area contributed by atoms with Crippen molar-refractivity contribution in [2.75, 3.05) is 18.5 Å². The maximum absolute atomic E-state index is 12.5. The summed E-state index contributed by atoms with van der Waals surface area (Å²) in [7, 11) is 0. The van der Waals surface area contributed by atoms with E-state index in [2.05, 4.69) is 25.4 Å². The van der Waals surface area contributed by atoms with Crippen LogP contribution in [-0.2, 0) is 4.74 Å². The van der Waals surface area contributed by atoms with Crippen LogP contribution in [0.5, 0.6) is 0 Å². The Labute approximate surface area is 161 Å². The molecular weight excluding hydrogens is 356 g/mol. The first kappa shape index (κ1) is 17.0. The quantitative estimate of drug-likeness (QED) is 0.728. The second kappa shape index (κ2) is 7.12. The lowest BCUT2D eigenvalue weighted by Gasteiger charge is -2.20. The molecule has 0 spiro atoms. The van der Waals surface area contributed by atoms with Gasteiger partial charge in [0.2, 0.25) is 5.95 Å². The minimum absolute atomic E-state index is 0.138. The van der Waals surface area contributed by atoms with Gasteiger partial charge in [-0.15, -0.1) is 0 Å². The average Bonchev–Trinajstić information content (AvgIpc) is 3.49. The molecule has 2 unspecified atom stereocenters. The van der Waals surface area contributed by atoms with Crippen molar-refractivity contribution in [3.05, 3.63) is 65.0 Å². The number of hydrogen-bond acceptors (Lipinski definition) is 7. The highest BCUT2D eigenvalue weighted by Gasteiger charge is 2.32. The summed E-state index contributed by atoms with van der Waals surface area (Å²) in [6.07, 6.45) is 9.63. The van der Waals surface area contributed by atoms with Crippen LogP contribution in [0, 0.1) is 0 Å². The fraction of sp³-hybridized carbons (Fsp3) is 0.350. The summed E-state index contributed by atoms with van der Waals surface area (Å²) >= 11 is 0. The van der Waals surface area contributed by atoms with Gasteiger partial charge in [0.1, 0.15) is 6.04 Å². The van der Waals surface area contributed by atoms with Gasteiger partial charge in [-0.2, -0.15) is 5.10 Å². The van der Waals surface area contributed by atoms with Crippen molar-refractivity contribution < 1.29 is 4.74 Å². The Hall–Kier alpha value is -3.13. The average molecular weight is 376 g/mol. The zero-order chi connectivity index (χ0) is 18.9. The zero-order valence-corrected chi connectivity index (χ0v) is 15.2. The Morgan fingerprint density at radius 3 is 2.68 bits per heavy atom. The Bertz CT molecular complexity index is 1020. The third-order valence-corrected chi connectivity index (χ3v) is 5.18. The highest BCUT2D eigenvalue weighted by molar-refractivity contribution is 5.56. The van der Waals surface area contributed by atoms with E-state index in [9.17, 15) is 4.79 Å². The van der Waals surface area contributed by atoms with E-state index in [4.69, 9.17) is 4.74 Å². The standard InChI is InChI=1S/C20H20N6O2/c27-19-6-5-16(14-2-1-7-21-8-14)25-26(19)18-12-28-11-17(18)24-20-22-9-15(10-23-20)13-3-4-13/h1-2,5-10,13,17-18H,3-4,11-12H2,(H,22,23,24). The van der Waals surface area contributed by atoms with Crippen LogP contribution in [0.1, 0.15) is 30.4 Å². The molecule has 1 aliphatic heterocycles. The van der Waals surface area contributed by atoms with Crippen LogP contribution >= 0.6 is 0 Å². The summed E-state index contributed by atoms with van der Waals surface area (Å²) < 4.78 is 7.13. The summed E-state index contributed by atoms with van der Waals surface area (Å²) in [5.74, 6) is 1.16. The number of nitrogens with zero attached hydrogens (tertiary/aromatic N) is 5. The van der Waals surface area contributed by atoms with Crippen LogP contribution < -0.4 is 10.9 Å². The van der Waals surface area contributed by atoms with Crippen molar-refractivity contribution in [3.8, 4) is 11.3 Å². The molecule has 0 radical (unpaired) electrons. The summed E-state index contributed by atoms with van der Waals surface area (Å²) in [5, 5.41) is 7.87. The number of anilines is 1. The molecular formula is C20H20N6O2. The molecule has 3 aromatic rings. The zero-order valence-electron chi connectivity index (χ0n) is 15.2. The SMILES string of the molecule is O=c1ccc(-c2cccnc2)nn1C1COCC1Nc1ncc(C2CC2)cn1. The predicted molar refractivity (Wildman–Crippen MR) is 103 cm³/mol. The topological polar surface area (TPSA) is 94.8 Å². The van der Waals surface area contributed by atoms with E-state index in [1.807, 2.05) is 24.5 Å². The minimum atomic E-state index is -0.240. The molecule has 8 nitrogen and oxygen atoms in total. The lowest BCUT2D eigenvalue weighted by molar-refractivity contribution is 0.183. The highest BCUT2D eigenvalue weighted by Crippen LogP contribution is 2.39. The lowest BCUT2D eigenvalue weighted by atomic mass is 10.1. The second-order valence-corrected chi connectivity index (χ2v) is 7.21. The van der Waals surface area contributed by atoms with Crippen molar-refractivity contribution in [1.29, 1.82) is 0 Å². The molecule has 1 saturated carbocycles. The number of nitrogens with one attached hydrogen (secondary N) is 1. The van der Waals surface area contributed by atoms with Crippen molar-refractivity contribution in [3.63, 3.8) is 0 Å². The van der Waals surface area contributed by atoms with E-state index >= 15 is 0 Å². The molecule has 5 rings (SSSR count). The van der Waals surface area contributed by atoms with Gasteiger partial charge >= 0.3 is 0 Å². The molecule has 0 bridgehead atoms. The number of rotatable bonds is 5. The van der Waals surface area contributed by atoms with E-state index in [1.165, 1.54) is 29.2 Å². The van der Waals surface area contributed by atoms with Crippen LogP contribution in [0.4, 0.5) is 5.95 Å². The normalized spacial score (nSPS) is 21.6. The van der Waals surface area contributed by atoms with Crippen LogP contribution in [0.15, 0.2) is 53.8 Å². The molecule has 4 heterocycles. The summed E-state index contributed by atoms with van der Waals surface area (Å²) in [6, 6.07) is 6.63. The molecule has 2 aliphatic rings. The van der Waals surface area contributed by atoms with Gasteiger partial charge in [-0.3, -0.25) is 9.78 Å². The predicted octanol–water partition coefficient (Wildman–Crippen LogP) is 2.02. The second-order valence-electron chi connectivity index (χ2n) is 7.21. The first-order valence-corrected chi connectivity index (χ1v) is 9.44. The Morgan fingerprint density at radius 1 is 1.07 bits per heavy atom. The third-order valence-electron chi connectivity index (χ3n) is 5.18. The first-order valence-electron chi connectivity index (χ1n) is 9.44. The van der Waals surface area contributed by atoms with Crippen molar-refractivity contribution >= 4 is 5.95 Å². The molecule has 2 atom stereocenters. The fourth-order valence-electron chi connectivity index (χ4n) is 3.46. The van der Waals surface area contributed by atoms with E-state index in [1.54, 1.807) is 18.5 Å². The van der Waals surface area contributed by atoms with Gasteiger partial charge in [-0.25, -0.2) is 14.6 Å². The van der Waals surface area contributed by atoms with Gasteiger partial charge in [0.05, 0.1) is 24.9 Å². The molecule has 1 saturated heterocycles. The molecule has 2 fully saturated rings. The Morgan fingerprint density at radius 2 is 1.93 bits per heavy atom. The van der Waals surface area contributed by atoms with Gasteiger partial charge in [0, 0.05) is 36.4 Å². The highest BCUT2D eigenvalue weighted by atomic mass is 16.5. The van der Waals surface area contributed by atoms with Crippen molar-refractivity contribution in [2.24, 2.45) is 0 Å². The smallest absolute Gasteiger partial charge is 0.267 e. The number of hydrogen-bond donors (Lipinski definition) is 1. The van der Waals surface area contributed by atoms with Gasteiger partial charge in [-0.05, 0) is 42.5 Å². The molecule has 28 heavy (non-hydrogen) atoms. The molecule has 8 heteroatoms. The number of aromatic nitrogens is 5. The van der Waals surface area contributed by atoms with Crippen LogP contribution in [-0.4, -0.2) is 44.0 Å². The van der Waals surface area contributed by atoms with E-state index in [-0.39, 0.29) is 17.6 Å². The Balaban J connectivity index is 1.39. The van der Waals surface area contributed by atoms with Gasteiger partial charge in [0.25, 0.3) is 5.56 Å².